The van der Waals surface area contributed by atoms with Crippen molar-refractivity contribution in [3.05, 3.63) is 34.4 Å². The van der Waals surface area contributed by atoms with E-state index in [9.17, 15) is 13.2 Å². The zero-order chi connectivity index (χ0) is 18.6. The number of carbonyl (C=O) groups excluding carboxylic acids is 1. The highest BCUT2D eigenvalue weighted by atomic mass is 35.5. The van der Waals surface area contributed by atoms with Gasteiger partial charge in [0.25, 0.3) is 5.91 Å². The minimum Gasteiger partial charge on any atom is -0.494 e. The minimum absolute atomic E-state index is 0. The van der Waals surface area contributed by atoms with Crippen LogP contribution in [0.2, 0.25) is 5.02 Å². The molecule has 1 amide bonds. The Bertz CT molecular complexity index is 795. The lowest BCUT2D eigenvalue weighted by molar-refractivity contribution is 0.0824. The summed E-state index contributed by atoms with van der Waals surface area (Å²) in [5.41, 5.74) is 1.11. The van der Waals surface area contributed by atoms with Crippen LogP contribution in [0.1, 0.15) is 16.8 Å². The lowest BCUT2D eigenvalue weighted by Crippen LogP contribution is -2.30. The normalized spacial score (nSPS) is 14.2. The number of nitrogens with one attached hydrogen (secondary N) is 2. The first-order chi connectivity index (χ1) is 11.8. The van der Waals surface area contributed by atoms with Gasteiger partial charge in [-0.05, 0) is 25.1 Å². The molecule has 0 radical (unpaired) electrons. The zero-order valence-electron chi connectivity index (χ0n) is 14.8. The average molecular weight is 424 g/mol. The van der Waals surface area contributed by atoms with E-state index in [1.165, 1.54) is 24.1 Å². The van der Waals surface area contributed by atoms with E-state index in [-0.39, 0.29) is 40.2 Å². The number of sulfonamides is 1. The van der Waals surface area contributed by atoms with Crippen LogP contribution in [0.3, 0.4) is 0 Å². The molecule has 0 aliphatic carbocycles. The van der Waals surface area contributed by atoms with Gasteiger partial charge in [0, 0.05) is 32.2 Å². The number of hydrogen-bond donors (Lipinski definition) is 2. The highest BCUT2D eigenvalue weighted by Crippen LogP contribution is 2.32. The molecule has 1 aliphatic heterocycles. The molecular weight excluding hydrogens is 401 g/mol. The van der Waals surface area contributed by atoms with Crippen LogP contribution in [-0.2, 0) is 10.0 Å². The van der Waals surface area contributed by atoms with Crippen molar-refractivity contribution in [2.75, 3.05) is 40.8 Å². The lowest BCUT2D eigenvalue weighted by Gasteiger charge is -2.18. The number of carbonyl (C=O) groups is 1. The van der Waals surface area contributed by atoms with E-state index in [1.807, 2.05) is 6.08 Å². The van der Waals surface area contributed by atoms with Gasteiger partial charge in [-0.25, -0.2) is 13.1 Å². The number of benzene rings is 1. The van der Waals surface area contributed by atoms with Gasteiger partial charge < -0.3 is 15.0 Å². The second-order valence-corrected chi connectivity index (χ2v) is 8.00. The minimum atomic E-state index is -3.90. The second-order valence-electron chi connectivity index (χ2n) is 5.83. The summed E-state index contributed by atoms with van der Waals surface area (Å²) >= 11 is 6.04. The number of methoxy groups -OCH3 is 1. The Kier molecular flexibility index (Phi) is 8.36. The van der Waals surface area contributed by atoms with Crippen molar-refractivity contribution >= 4 is 39.9 Å². The van der Waals surface area contributed by atoms with Crippen molar-refractivity contribution in [1.29, 1.82) is 0 Å². The summed E-state index contributed by atoms with van der Waals surface area (Å²) in [6.07, 6.45) is 2.74. The third-order valence-electron chi connectivity index (χ3n) is 3.80. The topological polar surface area (TPSA) is 87.7 Å². The van der Waals surface area contributed by atoms with Gasteiger partial charge in [-0.3, -0.25) is 4.79 Å². The Hall–Kier alpha value is -1.32. The van der Waals surface area contributed by atoms with Crippen LogP contribution >= 0.6 is 24.0 Å². The maximum atomic E-state index is 12.7. The third kappa shape index (κ3) is 5.34. The highest BCUT2D eigenvalue weighted by Gasteiger charge is 2.26. The number of amides is 1. The van der Waals surface area contributed by atoms with Gasteiger partial charge in [0.15, 0.2) is 5.75 Å². The molecule has 2 rings (SSSR count). The van der Waals surface area contributed by atoms with Crippen LogP contribution in [0.4, 0.5) is 0 Å². The van der Waals surface area contributed by atoms with Gasteiger partial charge in [0.05, 0.1) is 12.7 Å². The van der Waals surface area contributed by atoms with Gasteiger partial charge in [-0.1, -0.05) is 23.3 Å². The Morgan fingerprint density at radius 3 is 2.62 bits per heavy atom. The molecule has 0 fully saturated rings. The smallest absolute Gasteiger partial charge is 0.257 e. The Labute approximate surface area is 165 Å². The summed E-state index contributed by atoms with van der Waals surface area (Å²) in [5.74, 6) is -0.410. The Balaban J connectivity index is 0.00000338. The second kappa shape index (κ2) is 9.57. The fraction of sp³-hybridized carbons (Fsp3) is 0.438. The zero-order valence-corrected chi connectivity index (χ0v) is 17.2. The number of ether oxygens (including phenoxy) is 1. The summed E-state index contributed by atoms with van der Waals surface area (Å²) in [5, 5.41) is 3.31. The number of nitrogens with zero attached hydrogens (tertiary/aromatic N) is 1. The predicted molar refractivity (Wildman–Crippen MR) is 104 cm³/mol. The molecule has 2 N–H and O–H groups in total. The first-order valence-corrected chi connectivity index (χ1v) is 9.60. The predicted octanol–water partition coefficient (Wildman–Crippen LogP) is 1.67. The van der Waals surface area contributed by atoms with Gasteiger partial charge in [-0.15, -0.1) is 12.4 Å². The summed E-state index contributed by atoms with van der Waals surface area (Å²) in [7, 11) is 0.562. The molecule has 0 saturated carbocycles. The molecular formula is C16H23Cl2N3O4S. The van der Waals surface area contributed by atoms with Crippen LogP contribution in [0.25, 0.3) is 0 Å². The van der Waals surface area contributed by atoms with Gasteiger partial charge >= 0.3 is 0 Å². The van der Waals surface area contributed by atoms with Crippen molar-refractivity contribution in [3.63, 3.8) is 0 Å². The molecule has 0 aromatic heterocycles. The standard InChI is InChI=1S/C16H22ClN3O4S.ClH/c1-20(2)16(21)13-8-12(17)9-14(15(13)24-3)25(22,23)19-10-11-4-6-18-7-5-11;/h4,8-9,18-19H,5-7,10H2,1-3H3;1H. The first-order valence-electron chi connectivity index (χ1n) is 7.73. The lowest BCUT2D eigenvalue weighted by atomic mass is 10.1. The number of rotatable bonds is 6. The van der Waals surface area contributed by atoms with Crippen LogP contribution in [0, 0.1) is 0 Å². The van der Waals surface area contributed by atoms with Crippen LogP contribution in [0.5, 0.6) is 5.75 Å². The monoisotopic (exact) mass is 423 g/mol. The molecule has 1 heterocycles. The molecule has 0 atom stereocenters. The van der Waals surface area contributed by atoms with E-state index in [2.05, 4.69) is 10.0 Å². The van der Waals surface area contributed by atoms with E-state index in [1.54, 1.807) is 14.1 Å². The first kappa shape index (κ1) is 22.7. The SMILES string of the molecule is COc1c(C(=O)N(C)C)cc(Cl)cc1S(=O)(=O)NCC1=CCNCC1.Cl. The van der Waals surface area contributed by atoms with E-state index >= 15 is 0 Å². The Morgan fingerprint density at radius 1 is 1.38 bits per heavy atom. The maximum absolute atomic E-state index is 12.7. The fourth-order valence-corrected chi connectivity index (χ4v) is 4.01. The van der Waals surface area contributed by atoms with Crippen molar-refractivity contribution in [2.24, 2.45) is 0 Å². The van der Waals surface area contributed by atoms with Gasteiger partial charge in [0.2, 0.25) is 10.0 Å². The van der Waals surface area contributed by atoms with Crippen LogP contribution in [-0.4, -0.2) is 60.1 Å². The maximum Gasteiger partial charge on any atom is 0.257 e. The summed E-state index contributed by atoms with van der Waals surface area (Å²) in [4.78, 5) is 13.5. The average Bonchev–Trinajstić information content (AvgIpc) is 2.59. The quantitative estimate of drug-likeness (QED) is 0.679. The molecule has 1 aromatic carbocycles. The fourth-order valence-electron chi connectivity index (χ4n) is 2.47. The molecule has 26 heavy (non-hydrogen) atoms. The van der Waals surface area contributed by atoms with E-state index in [0.29, 0.717) is 0 Å². The van der Waals surface area contributed by atoms with Gasteiger partial charge in [-0.2, -0.15) is 0 Å². The van der Waals surface area contributed by atoms with Crippen molar-refractivity contribution in [1.82, 2.24) is 14.9 Å². The molecule has 0 saturated heterocycles. The summed E-state index contributed by atoms with van der Waals surface area (Å²) in [6, 6.07) is 2.68. The number of hydrogen-bond acceptors (Lipinski definition) is 5. The van der Waals surface area contributed by atoms with Crippen molar-refractivity contribution in [3.8, 4) is 5.75 Å². The highest BCUT2D eigenvalue weighted by molar-refractivity contribution is 7.89. The largest absolute Gasteiger partial charge is 0.494 e. The van der Waals surface area contributed by atoms with E-state index in [0.717, 1.165) is 25.1 Å². The summed E-state index contributed by atoms with van der Waals surface area (Å²) < 4.78 is 33.3. The van der Waals surface area contributed by atoms with Gasteiger partial charge in [0.1, 0.15) is 4.90 Å². The molecule has 0 bridgehead atoms. The third-order valence-corrected chi connectivity index (χ3v) is 5.42. The molecule has 0 unspecified atom stereocenters. The molecule has 1 aliphatic rings. The molecule has 0 spiro atoms. The Morgan fingerprint density at radius 2 is 2.08 bits per heavy atom. The van der Waals surface area contributed by atoms with E-state index < -0.39 is 15.9 Å². The van der Waals surface area contributed by atoms with Crippen LogP contribution < -0.4 is 14.8 Å². The molecule has 7 nitrogen and oxygen atoms in total. The number of halogens is 2. The van der Waals surface area contributed by atoms with Crippen molar-refractivity contribution < 1.29 is 17.9 Å². The van der Waals surface area contributed by atoms with Crippen molar-refractivity contribution in [2.45, 2.75) is 11.3 Å². The summed E-state index contributed by atoms with van der Waals surface area (Å²) in [6.45, 7) is 1.74. The molecule has 146 valence electrons. The molecule has 1 aromatic rings. The molecule has 10 heteroatoms. The van der Waals surface area contributed by atoms with E-state index in [4.69, 9.17) is 16.3 Å². The van der Waals surface area contributed by atoms with Crippen LogP contribution in [0.15, 0.2) is 28.7 Å².